The number of carbonyl (C=O) groups is 1. The number of hydrogen-bond acceptors (Lipinski definition) is 3. The van der Waals surface area contributed by atoms with Gasteiger partial charge in [-0.25, -0.2) is 0 Å². The zero-order valence-electron chi connectivity index (χ0n) is 11.2. The van der Waals surface area contributed by atoms with Crippen molar-refractivity contribution in [2.45, 2.75) is 24.9 Å². The highest BCUT2D eigenvalue weighted by Crippen LogP contribution is 2.19. The summed E-state index contributed by atoms with van der Waals surface area (Å²) in [7, 11) is 0. The van der Waals surface area contributed by atoms with Gasteiger partial charge in [-0.2, -0.15) is 24.9 Å². The van der Waals surface area contributed by atoms with Crippen molar-refractivity contribution in [2.24, 2.45) is 0 Å². The van der Waals surface area contributed by atoms with Crippen molar-refractivity contribution < 1.29 is 22.7 Å². The zero-order valence-corrected chi connectivity index (χ0v) is 12.0. The van der Waals surface area contributed by atoms with E-state index < -0.39 is 12.8 Å². The van der Waals surface area contributed by atoms with Crippen LogP contribution in [0.5, 0.6) is 5.75 Å². The average Bonchev–Trinajstić information content (AvgIpc) is 2.41. The van der Waals surface area contributed by atoms with Gasteiger partial charge in [0.25, 0.3) is 0 Å². The maximum absolute atomic E-state index is 12.0. The van der Waals surface area contributed by atoms with Crippen LogP contribution in [0, 0.1) is 0 Å². The Morgan fingerprint density at radius 1 is 1.45 bits per heavy atom. The normalized spacial score (nSPS) is 12.8. The van der Waals surface area contributed by atoms with Gasteiger partial charge < -0.3 is 10.1 Å². The number of amides is 1. The average molecular weight is 307 g/mol. The molecule has 0 aliphatic carbocycles. The molecule has 112 valence electrons. The van der Waals surface area contributed by atoms with Gasteiger partial charge in [0.2, 0.25) is 5.91 Å². The van der Waals surface area contributed by atoms with E-state index in [0.29, 0.717) is 5.56 Å². The highest BCUT2D eigenvalue weighted by atomic mass is 32.2. The molecule has 1 aromatic rings. The van der Waals surface area contributed by atoms with Gasteiger partial charge in [-0.05, 0) is 30.9 Å². The largest absolute Gasteiger partial charge is 0.484 e. The SMILES string of the molecule is CSC(C)C(=O)NCc1cccc(OCC(F)(F)F)c1. The van der Waals surface area contributed by atoms with Crippen LogP contribution in [0.2, 0.25) is 0 Å². The molecule has 1 N–H and O–H groups in total. The Labute approximate surface area is 119 Å². The molecule has 3 nitrogen and oxygen atoms in total. The second-order valence-electron chi connectivity index (χ2n) is 4.15. The number of thioether (sulfide) groups is 1. The third-order valence-electron chi connectivity index (χ3n) is 2.49. The van der Waals surface area contributed by atoms with Crippen LogP contribution >= 0.6 is 11.8 Å². The van der Waals surface area contributed by atoms with Crippen LogP contribution in [0.1, 0.15) is 12.5 Å². The Morgan fingerprint density at radius 2 is 2.15 bits per heavy atom. The lowest BCUT2D eigenvalue weighted by atomic mass is 10.2. The minimum Gasteiger partial charge on any atom is -0.484 e. The van der Waals surface area contributed by atoms with Crippen LogP contribution in [0.25, 0.3) is 0 Å². The van der Waals surface area contributed by atoms with Gasteiger partial charge >= 0.3 is 6.18 Å². The summed E-state index contributed by atoms with van der Waals surface area (Å²) in [6.45, 7) is 0.710. The molecule has 0 heterocycles. The molecule has 0 bridgehead atoms. The first-order valence-electron chi connectivity index (χ1n) is 5.91. The second kappa shape index (κ2) is 7.42. The molecule has 1 aromatic carbocycles. The molecule has 0 aromatic heterocycles. The summed E-state index contributed by atoms with van der Waals surface area (Å²) in [6.07, 6.45) is -2.53. The molecule has 1 amide bonds. The van der Waals surface area contributed by atoms with Gasteiger partial charge in [0.15, 0.2) is 6.61 Å². The minimum atomic E-state index is -4.36. The summed E-state index contributed by atoms with van der Waals surface area (Å²) in [5.74, 6) is 0.0195. The summed E-state index contributed by atoms with van der Waals surface area (Å²) in [4.78, 5) is 11.6. The molecule has 0 saturated heterocycles. The van der Waals surface area contributed by atoms with Crippen molar-refractivity contribution in [2.75, 3.05) is 12.9 Å². The molecule has 7 heteroatoms. The summed E-state index contributed by atoms with van der Waals surface area (Å²) in [5, 5.41) is 2.54. The van der Waals surface area contributed by atoms with E-state index in [0.717, 1.165) is 0 Å². The summed E-state index contributed by atoms with van der Waals surface area (Å²) in [5.41, 5.74) is 0.686. The first kappa shape index (κ1) is 16.7. The number of nitrogens with one attached hydrogen (secondary N) is 1. The molecule has 0 fully saturated rings. The smallest absolute Gasteiger partial charge is 0.422 e. The Morgan fingerprint density at radius 3 is 2.75 bits per heavy atom. The number of halogens is 3. The van der Waals surface area contributed by atoms with Crippen molar-refractivity contribution in [1.29, 1.82) is 0 Å². The van der Waals surface area contributed by atoms with Gasteiger partial charge in [-0.3, -0.25) is 4.79 Å². The van der Waals surface area contributed by atoms with E-state index in [9.17, 15) is 18.0 Å². The number of ether oxygens (including phenoxy) is 1. The Balaban J connectivity index is 2.53. The topological polar surface area (TPSA) is 38.3 Å². The molecule has 0 saturated carbocycles. The van der Waals surface area contributed by atoms with Gasteiger partial charge in [0.1, 0.15) is 5.75 Å². The predicted molar refractivity (Wildman–Crippen MR) is 72.8 cm³/mol. The van der Waals surface area contributed by atoms with Crippen LogP contribution in [0.4, 0.5) is 13.2 Å². The monoisotopic (exact) mass is 307 g/mol. The van der Waals surface area contributed by atoms with E-state index in [1.165, 1.54) is 23.9 Å². The molecule has 1 rings (SSSR count). The van der Waals surface area contributed by atoms with Crippen molar-refractivity contribution in [3.05, 3.63) is 29.8 Å². The minimum absolute atomic E-state index is 0.112. The fourth-order valence-corrected chi connectivity index (χ4v) is 1.65. The fraction of sp³-hybridized carbons (Fsp3) is 0.462. The molecule has 1 atom stereocenters. The Bertz CT molecular complexity index is 451. The number of alkyl halides is 3. The third-order valence-corrected chi connectivity index (χ3v) is 3.41. The van der Waals surface area contributed by atoms with E-state index in [4.69, 9.17) is 0 Å². The highest BCUT2D eigenvalue weighted by molar-refractivity contribution is 7.99. The van der Waals surface area contributed by atoms with Crippen molar-refractivity contribution in [3.8, 4) is 5.75 Å². The lowest BCUT2D eigenvalue weighted by molar-refractivity contribution is -0.153. The molecule has 0 aliphatic rings. The van der Waals surface area contributed by atoms with Gasteiger partial charge in [-0.15, -0.1) is 0 Å². The quantitative estimate of drug-likeness (QED) is 0.878. The molecular formula is C13H16F3NO2S. The summed E-state index contributed by atoms with van der Waals surface area (Å²) < 4.78 is 40.8. The molecule has 1 unspecified atom stereocenters. The molecule has 0 aliphatic heterocycles. The number of benzene rings is 1. The highest BCUT2D eigenvalue weighted by Gasteiger charge is 2.28. The number of carbonyl (C=O) groups excluding carboxylic acids is 1. The van der Waals surface area contributed by atoms with E-state index in [1.807, 2.05) is 6.26 Å². The maximum atomic E-state index is 12.0. The van der Waals surface area contributed by atoms with E-state index in [-0.39, 0.29) is 23.5 Å². The van der Waals surface area contributed by atoms with E-state index in [2.05, 4.69) is 10.1 Å². The third kappa shape index (κ3) is 6.18. The van der Waals surface area contributed by atoms with Gasteiger partial charge in [0, 0.05) is 6.54 Å². The second-order valence-corrected chi connectivity index (χ2v) is 5.33. The first-order chi connectivity index (χ1) is 9.31. The molecule has 0 radical (unpaired) electrons. The van der Waals surface area contributed by atoms with Gasteiger partial charge in [0.05, 0.1) is 5.25 Å². The van der Waals surface area contributed by atoms with Gasteiger partial charge in [-0.1, -0.05) is 12.1 Å². The van der Waals surface area contributed by atoms with Crippen molar-refractivity contribution in [1.82, 2.24) is 5.32 Å². The summed E-state index contributed by atoms with van der Waals surface area (Å²) in [6, 6.07) is 6.23. The number of hydrogen-bond donors (Lipinski definition) is 1. The van der Waals surface area contributed by atoms with Crippen LogP contribution in [0.15, 0.2) is 24.3 Å². The Kier molecular flexibility index (Phi) is 6.19. The van der Waals surface area contributed by atoms with Crippen LogP contribution in [-0.4, -0.2) is 30.2 Å². The molecule has 20 heavy (non-hydrogen) atoms. The molecule has 0 spiro atoms. The van der Waals surface area contributed by atoms with Crippen LogP contribution in [-0.2, 0) is 11.3 Å². The fourth-order valence-electron chi connectivity index (χ4n) is 1.35. The van der Waals surface area contributed by atoms with E-state index in [1.54, 1.807) is 19.1 Å². The first-order valence-corrected chi connectivity index (χ1v) is 7.19. The predicted octanol–water partition coefficient (Wildman–Crippen LogP) is 3.00. The van der Waals surface area contributed by atoms with Crippen molar-refractivity contribution >= 4 is 17.7 Å². The van der Waals surface area contributed by atoms with E-state index >= 15 is 0 Å². The standard InChI is InChI=1S/C13H16F3NO2S/c1-9(20-2)12(18)17-7-10-4-3-5-11(6-10)19-8-13(14,15)16/h3-6,9H,7-8H2,1-2H3,(H,17,18). The zero-order chi connectivity index (χ0) is 15.2. The number of rotatable bonds is 6. The lowest BCUT2D eigenvalue weighted by Crippen LogP contribution is -2.30. The Hall–Kier alpha value is -1.37. The molecular weight excluding hydrogens is 291 g/mol. The maximum Gasteiger partial charge on any atom is 0.422 e. The summed E-state index contributed by atoms with van der Waals surface area (Å²) >= 11 is 1.42. The van der Waals surface area contributed by atoms with Crippen LogP contribution in [0.3, 0.4) is 0 Å². The van der Waals surface area contributed by atoms with Crippen LogP contribution < -0.4 is 10.1 Å². The van der Waals surface area contributed by atoms with Crippen molar-refractivity contribution in [3.63, 3.8) is 0 Å². The lowest BCUT2D eigenvalue weighted by Gasteiger charge is -2.12.